The predicted octanol–water partition coefficient (Wildman–Crippen LogP) is 0.502. The van der Waals surface area contributed by atoms with Crippen molar-refractivity contribution in [2.45, 2.75) is 13.5 Å². The van der Waals surface area contributed by atoms with E-state index in [0.717, 1.165) is 5.56 Å². The van der Waals surface area contributed by atoms with Crippen molar-refractivity contribution < 1.29 is 9.63 Å². The Labute approximate surface area is 83.0 Å². The average Bonchev–Trinajstić information content (AvgIpc) is 2.12. The second-order valence-electron chi connectivity index (χ2n) is 3.07. The van der Waals surface area contributed by atoms with Gasteiger partial charge in [0, 0.05) is 6.54 Å². The van der Waals surface area contributed by atoms with Crippen molar-refractivity contribution in [1.29, 1.82) is 0 Å². The number of aryl methyl sites for hydroxylation is 1. The van der Waals surface area contributed by atoms with E-state index in [1.54, 1.807) is 0 Å². The smallest absolute Gasteiger partial charge is 0.245 e. The summed E-state index contributed by atoms with van der Waals surface area (Å²) in [5.74, 6) is -0.484. The average molecular weight is 194 g/mol. The van der Waals surface area contributed by atoms with Crippen molar-refractivity contribution in [3.8, 4) is 0 Å². The van der Waals surface area contributed by atoms with Crippen molar-refractivity contribution in [2.24, 2.45) is 5.73 Å². The zero-order valence-corrected chi connectivity index (χ0v) is 8.12. The minimum Gasteiger partial charge on any atom is -0.368 e. The first-order valence-corrected chi connectivity index (χ1v) is 4.37. The first-order chi connectivity index (χ1) is 6.68. The molecule has 0 aliphatic heterocycles. The summed E-state index contributed by atoms with van der Waals surface area (Å²) >= 11 is 0. The molecule has 4 heteroatoms. The molecule has 1 aromatic carbocycles. The Balaban J connectivity index is 2.28. The molecule has 76 valence electrons. The van der Waals surface area contributed by atoms with Gasteiger partial charge >= 0.3 is 0 Å². The van der Waals surface area contributed by atoms with Crippen LogP contribution >= 0.6 is 0 Å². The SMILES string of the molecule is Cc1cccc(CNOCC(N)=O)c1. The summed E-state index contributed by atoms with van der Waals surface area (Å²) < 4.78 is 0. The van der Waals surface area contributed by atoms with Crippen LogP contribution in [0.15, 0.2) is 24.3 Å². The lowest BCUT2D eigenvalue weighted by Crippen LogP contribution is -2.24. The van der Waals surface area contributed by atoms with Gasteiger partial charge in [-0.2, -0.15) is 5.48 Å². The van der Waals surface area contributed by atoms with Crippen molar-refractivity contribution in [3.63, 3.8) is 0 Å². The third-order valence-corrected chi connectivity index (χ3v) is 1.68. The molecule has 1 amide bonds. The highest BCUT2D eigenvalue weighted by Gasteiger charge is 1.95. The maximum atomic E-state index is 10.3. The normalized spacial score (nSPS) is 10.1. The molecule has 0 saturated heterocycles. The molecule has 4 nitrogen and oxygen atoms in total. The van der Waals surface area contributed by atoms with Crippen molar-refractivity contribution in [2.75, 3.05) is 6.61 Å². The maximum absolute atomic E-state index is 10.3. The fourth-order valence-electron chi connectivity index (χ4n) is 1.08. The van der Waals surface area contributed by atoms with Gasteiger partial charge in [-0.15, -0.1) is 0 Å². The van der Waals surface area contributed by atoms with Gasteiger partial charge in [-0.3, -0.25) is 9.63 Å². The van der Waals surface area contributed by atoms with Crippen LogP contribution in [0.25, 0.3) is 0 Å². The molecular weight excluding hydrogens is 180 g/mol. The zero-order chi connectivity index (χ0) is 10.4. The number of carbonyl (C=O) groups excluding carboxylic acids is 1. The maximum Gasteiger partial charge on any atom is 0.245 e. The Morgan fingerprint density at radius 2 is 2.36 bits per heavy atom. The number of hydrogen-bond acceptors (Lipinski definition) is 3. The molecule has 1 rings (SSSR count). The third kappa shape index (κ3) is 4.02. The Morgan fingerprint density at radius 3 is 3.00 bits per heavy atom. The molecule has 0 fully saturated rings. The predicted molar refractivity (Wildman–Crippen MR) is 53.2 cm³/mol. The summed E-state index contributed by atoms with van der Waals surface area (Å²) in [6, 6.07) is 8.02. The van der Waals surface area contributed by atoms with E-state index in [1.165, 1.54) is 5.56 Å². The van der Waals surface area contributed by atoms with Crippen LogP contribution in [0.1, 0.15) is 11.1 Å². The number of benzene rings is 1. The van der Waals surface area contributed by atoms with Crippen LogP contribution in [-0.2, 0) is 16.2 Å². The molecule has 0 unspecified atom stereocenters. The van der Waals surface area contributed by atoms with Gasteiger partial charge in [-0.1, -0.05) is 29.8 Å². The van der Waals surface area contributed by atoms with Crippen LogP contribution in [0.3, 0.4) is 0 Å². The van der Waals surface area contributed by atoms with Gasteiger partial charge in [-0.05, 0) is 12.5 Å². The Morgan fingerprint density at radius 1 is 1.57 bits per heavy atom. The van der Waals surface area contributed by atoms with Gasteiger partial charge in [0.1, 0.15) is 6.61 Å². The molecule has 0 aliphatic rings. The first kappa shape index (κ1) is 10.7. The third-order valence-electron chi connectivity index (χ3n) is 1.68. The number of hydrogen-bond donors (Lipinski definition) is 2. The van der Waals surface area contributed by atoms with Crippen LogP contribution in [-0.4, -0.2) is 12.5 Å². The number of primary amides is 1. The lowest BCUT2D eigenvalue weighted by molar-refractivity contribution is -0.125. The molecular formula is C10H14N2O2. The van der Waals surface area contributed by atoms with Gasteiger partial charge in [0.2, 0.25) is 5.91 Å². The Kier molecular flexibility index (Phi) is 4.10. The lowest BCUT2D eigenvalue weighted by atomic mass is 10.1. The van der Waals surface area contributed by atoms with Crippen LogP contribution in [0, 0.1) is 6.92 Å². The molecule has 0 radical (unpaired) electrons. The molecule has 0 aromatic heterocycles. The highest BCUT2D eigenvalue weighted by atomic mass is 16.6. The summed E-state index contributed by atoms with van der Waals surface area (Å²) in [4.78, 5) is 15.1. The van der Waals surface area contributed by atoms with E-state index in [0.29, 0.717) is 6.54 Å². The van der Waals surface area contributed by atoms with Gasteiger partial charge in [0.15, 0.2) is 0 Å². The fourth-order valence-corrected chi connectivity index (χ4v) is 1.08. The van der Waals surface area contributed by atoms with Crippen LogP contribution < -0.4 is 11.2 Å². The minimum absolute atomic E-state index is 0.105. The quantitative estimate of drug-likeness (QED) is 0.530. The lowest BCUT2D eigenvalue weighted by Gasteiger charge is -2.04. The summed E-state index contributed by atoms with van der Waals surface area (Å²) in [5.41, 5.74) is 9.85. The van der Waals surface area contributed by atoms with E-state index >= 15 is 0 Å². The largest absolute Gasteiger partial charge is 0.368 e. The zero-order valence-electron chi connectivity index (χ0n) is 8.12. The fraction of sp³-hybridized carbons (Fsp3) is 0.300. The number of nitrogens with two attached hydrogens (primary N) is 1. The first-order valence-electron chi connectivity index (χ1n) is 4.37. The summed E-state index contributed by atoms with van der Waals surface area (Å²) in [7, 11) is 0. The molecule has 3 N–H and O–H groups in total. The molecule has 0 aliphatic carbocycles. The number of rotatable bonds is 5. The van der Waals surface area contributed by atoms with Gasteiger partial charge < -0.3 is 5.73 Å². The van der Waals surface area contributed by atoms with Crippen LogP contribution in [0.5, 0.6) is 0 Å². The summed E-state index contributed by atoms with van der Waals surface area (Å²) in [6.45, 7) is 2.48. The van der Waals surface area contributed by atoms with Crippen LogP contribution in [0.4, 0.5) is 0 Å². The number of nitrogens with one attached hydrogen (secondary N) is 1. The molecule has 0 bridgehead atoms. The van der Waals surface area contributed by atoms with Crippen molar-refractivity contribution in [1.82, 2.24) is 5.48 Å². The van der Waals surface area contributed by atoms with Crippen molar-refractivity contribution in [3.05, 3.63) is 35.4 Å². The highest BCUT2D eigenvalue weighted by Crippen LogP contribution is 2.02. The molecule has 0 heterocycles. The number of carbonyl (C=O) groups is 1. The van der Waals surface area contributed by atoms with Crippen LogP contribution in [0.2, 0.25) is 0 Å². The molecule has 0 atom stereocenters. The van der Waals surface area contributed by atoms with Crippen molar-refractivity contribution >= 4 is 5.91 Å². The van der Waals surface area contributed by atoms with E-state index in [4.69, 9.17) is 10.6 Å². The summed E-state index contributed by atoms with van der Waals surface area (Å²) in [5, 5.41) is 0. The van der Waals surface area contributed by atoms with E-state index in [9.17, 15) is 4.79 Å². The molecule has 1 aromatic rings. The Bertz CT molecular complexity index is 313. The van der Waals surface area contributed by atoms with Gasteiger partial charge in [0.05, 0.1) is 0 Å². The van der Waals surface area contributed by atoms with E-state index < -0.39 is 5.91 Å². The Hall–Kier alpha value is -1.39. The molecule has 14 heavy (non-hydrogen) atoms. The second kappa shape index (κ2) is 5.36. The summed E-state index contributed by atoms with van der Waals surface area (Å²) in [6.07, 6.45) is 0. The monoisotopic (exact) mass is 194 g/mol. The second-order valence-corrected chi connectivity index (χ2v) is 3.07. The standard InChI is InChI=1S/C10H14N2O2/c1-8-3-2-4-9(5-8)6-12-14-7-10(11)13/h2-5,12H,6-7H2,1H3,(H2,11,13). The van der Waals surface area contributed by atoms with E-state index in [2.05, 4.69) is 5.48 Å². The molecule has 0 saturated carbocycles. The topological polar surface area (TPSA) is 64.3 Å². The number of amides is 1. The van der Waals surface area contributed by atoms with E-state index in [-0.39, 0.29) is 6.61 Å². The molecule has 0 spiro atoms. The number of hydroxylamine groups is 1. The van der Waals surface area contributed by atoms with Gasteiger partial charge in [-0.25, -0.2) is 0 Å². The highest BCUT2D eigenvalue weighted by molar-refractivity contribution is 5.74. The minimum atomic E-state index is -0.484. The van der Waals surface area contributed by atoms with Gasteiger partial charge in [0.25, 0.3) is 0 Å². The van der Waals surface area contributed by atoms with E-state index in [1.807, 2.05) is 31.2 Å².